The number of hydrogen-bond donors (Lipinski definition) is 1. The Balaban J connectivity index is 1.48. The zero-order valence-electron chi connectivity index (χ0n) is 14.3. The second kappa shape index (κ2) is 6.33. The van der Waals surface area contributed by atoms with Crippen LogP contribution in [0.25, 0.3) is 11.0 Å². The van der Waals surface area contributed by atoms with Gasteiger partial charge in [0, 0.05) is 26.9 Å². The molecule has 7 nitrogen and oxygen atoms in total. The maximum Gasteiger partial charge on any atom is 0.226 e. The number of aromatic nitrogens is 4. The summed E-state index contributed by atoms with van der Waals surface area (Å²) in [4.78, 5) is 17.3. The van der Waals surface area contributed by atoms with E-state index in [-0.39, 0.29) is 17.9 Å². The Hall–Kier alpha value is -2.67. The molecule has 0 aliphatic carbocycles. The van der Waals surface area contributed by atoms with Crippen LogP contribution in [-0.2, 0) is 30.2 Å². The van der Waals surface area contributed by atoms with Gasteiger partial charge in [-0.05, 0) is 24.6 Å². The van der Waals surface area contributed by atoms with Crippen LogP contribution in [-0.4, -0.2) is 31.8 Å². The summed E-state index contributed by atoms with van der Waals surface area (Å²) in [6, 6.07) is 9.86. The van der Waals surface area contributed by atoms with Gasteiger partial charge in [0.15, 0.2) is 0 Å². The summed E-state index contributed by atoms with van der Waals surface area (Å²) in [6.45, 7) is 0.985. The summed E-state index contributed by atoms with van der Waals surface area (Å²) in [7, 11) is 3.83. The second-order valence-corrected chi connectivity index (χ2v) is 6.36. The van der Waals surface area contributed by atoms with Crippen molar-refractivity contribution in [2.75, 3.05) is 6.61 Å². The fourth-order valence-electron chi connectivity index (χ4n) is 3.46. The fraction of sp³-hybridized carbons (Fsp3) is 0.389. The molecule has 1 amide bonds. The maximum absolute atomic E-state index is 12.7. The van der Waals surface area contributed by atoms with Gasteiger partial charge in [0.1, 0.15) is 11.9 Å². The Bertz CT molecular complexity index is 913. The van der Waals surface area contributed by atoms with Crippen molar-refractivity contribution in [3.63, 3.8) is 0 Å². The SMILES string of the molecule is Cn1nccc1[C@@H]1OCC[C@H]1C(=O)NCc1nc2ccccc2n1C. The van der Waals surface area contributed by atoms with Crippen molar-refractivity contribution in [1.82, 2.24) is 24.6 Å². The van der Waals surface area contributed by atoms with Crippen molar-refractivity contribution in [1.29, 1.82) is 0 Å². The molecule has 130 valence electrons. The summed E-state index contributed by atoms with van der Waals surface area (Å²) < 4.78 is 9.57. The van der Waals surface area contributed by atoms with Crippen molar-refractivity contribution >= 4 is 16.9 Å². The lowest BCUT2D eigenvalue weighted by Crippen LogP contribution is -2.33. The molecule has 1 aromatic carbocycles. The van der Waals surface area contributed by atoms with E-state index in [0.29, 0.717) is 19.6 Å². The smallest absolute Gasteiger partial charge is 0.226 e. The lowest BCUT2D eigenvalue weighted by atomic mass is 9.98. The molecule has 0 radical (unpaired) electrons. The van der Waals surface area contributed by atoms with E-state index in [0.717, 1.165) is 22.6 Å². The number of carbonyl (C=O) groups excluding carboxylic acids is 1. The topological polar surface area (TPSA) is 74.0 Å². The first-order chi connectivity index (χ1) is 12.1. The summed E-state index contributed by atoms with van der Waals surface area (Å²) >= 11 is 0. The lowest BCUT2D eigenvalue weighted by Gasteiger charge is -2.18. The quantitative estimate of drug-likeness (QED) is 0.785. The van der Waals surface area contributed by atoms with Crippen LogP contribution in [0, 0.1) is 5.92 Å². The molecule has 1 saturated heterocycles. The first-order valence-corrected chi connectivity index (χ1v) is 8.42. The first-order valence-electron chi connectivity index (χ1n) is 8.42. The van der Waals surface area contributed by atoms with Crippen LogP contribution in [0.4, 0.5) is 0 Å². The molecule has 3 aromatic rings. The maximum atomic E-state index is 12.7. The van der Waals surface area contributed by atoms with Gasteiger partial charge in [-0.1, -0.05) is 12.1 Å². The number of ether oxygens (including phenoxy) is 1. The molecule has 2 atom stereocenters. The molecule has 1 aliphatic heterocycles. The molecular formula is C18H21N5O2. The third kappa shape index (κ3) is 2.80. The van der Waals surface area contributed by atoms with Gasteiger partial charge >= 0.3 is 0 Å². The van der Waals surface area contributed by atoms with Crippen LogP contribution in [0.5, 0.6) is 0 Å². The van der Waals surface area contributed by atoms with Crippen molar-refractivity contribution in [3.8, 4) is 0 Å². The Morgan fingerprint density at radius 2 is 2.16 bits per heavy atom. The number of nitrogens with zero attached hydrogens (tertiary/aromatic N) is 4. The molecule has 0 bridgehead atoms. The van der Waals surface area contributed by atoms with Gasteiger partial charge < -0.3 is 14.6 Å². The van der Waals surface area contributed by atoms with Gasteiger partial charge in [0.05, 0.1) is 29.2 Å². The molecular weight excluding hydrogens is 318 g/mol. The summed E-state index contributed by atoms with van der Waals surface area (Å²) in [5, 5.41) is 7.20. The first kappa shape index (κ1) is 15.8. The van der Waals surface area contributed by atoms with E-state index in [1.807, 2.05) is 49.0 Å². The zero-order valence-corrected chi connectivity index (χ0v) is 14.3. The minimum Gasteiger partial charge on any atom is -0.371 e. The van der Waals surface area contributed by atoms with Crippen molar-refractivity contribution < 1.29 is 9.53 Å². The number of fused-ring (bicyclic) bond motifs is 1. The lowest BCUT2D eigenvalue weighted by molar-refractivity contribution is -0.127. The Morgan fingerprint density at radius 3 is 2.92 bits per heavy atom. The molecule has 0 saturated carbocycles. The number of amides is 1. The average Bonchev–Trinajstić information content (AvgIpc) is 3.32. The molecule has 25 heavy (non-hydrogen) atoms. The van der Waals surface area contributed by atoms with Gasteiger partial charge in [0.25, 0.3) is 0 Å². The van der Waals surface area contributed by atoms with E-state index in [1.54, 1.807) is 10.9 Å². The van der Waals surface area contributed by atoms with E-state index < -0.39 is 0 Å². The predicted molar refractivity (Wildman–Crippen MR) is 92.6 cm³/mol. The predicted octanol–water partition coefficient (Wildman–Crippen LogP) is 1.70. The van der Waals surface area contributed by atoms with Crippen molar-refractivity contribution in [2.45, 2.75) is 19.1 Å². The largest absolute Gasteiger partial charge is 0.371 e. The number of para-hydroxylation sites is 2. The molecule has 7 heteroatoms. The highest BCUT2D eigenvalue weighted by atomic mass is 16.5. The summed E-state index contributed by atoms with van der Waals surface area (Å²) in [6.07, 6.45) is 2.20. The third-order valence-corrected chi connectivity index (χ3v) is 4.88. The Morgan fingerprint density at radius 1 is 1.32 bits per heavy atom. The van der Waals surface area contributed by atoms with E-state index in [1.165, 1.54) is 0 Å². The number of carbonyl (C=O) groups is 1. The van der Waals surface area contributed by atoms with Crippen LogP contribution < -0.4 is 5.32 Å². The van der Waals surface area contributed by atoms with Gasteiger partial charge in [0.2, 0.25) is 5.91 Å². The number of benzene rings is 1. The highest BCUT2D eigenvalue weighted by molar-refractivity contribution is 5.80. The van der Waals surface area contributed by atoms with Gasteiger partial charge in [-0.15, -0.1) is 0 Å². The highest BCUT2D eigenvalue weighted by Crippen LogP contribution is 2.34. The minimum absolute atomic E-state index is 0.00393. The van der Waals surface area contributed by atoms with E-state index in [2.05, 4.69) is 15.4 Å². The molecule has 0 spiro atoms. The Kier molecular flexibility index (Phi) is 4.01. The second-order valence-electron chi connectivity index (χ2n) is 6.36. The number of nitrogens with one attached hydrogen (secondary N) is 1. The molecule has 0 unspecified atom stereocenters. The fourth-order valence-corrected chi connectivity index (χ4v) is 3.46. The number of aryl methyl sites for hydroxylation is 2. The molecule has 1 N–H and O–H groups in total. The molecule has 1 fully saturated rings. The van der Waals surface area contributed by atoms with Crippen LogP contribution in [0.1, 0.15) is 24.0 Å². The van der Waals surface area contributed by atoms with Crippen LogP contribution in [0.15, 0.2) is 36.5 Å². The zero-order chi connectivity index (χ0) is 17.4. The molecule has 1 aliphatic rings. The van der Waals surface area contributed by atoms with Gasteiger partial charge in [-0.2, -0.15) is 5.10 Å². The normalized spacial score (nSPS) is 20.2. The Labute approximate surface area is 145 Å². The van der Waals surface area contributed by atoms with Crippen LogP contribution >= 0.6 is 0 Å². The monoisotopic (exact) mass is 339 g/mol. The number of imidazole rings is 1. The van der Waals surface area contributed by atoms with Crippen LogP contribution in [0.2, 0.25) is 0 Å². The van der Waals surface area contributed by atoms with Crippen molar-refractivity contribution in [2.24, 2.45) is 20.0 Å². The summed E-state index contributed by atoms with van der Waals surface area (Å²) in [5.41, 5.74) is 2.93. The van der Waals surface area contributed by atoms with E-state index in [4.69, 9.17) is 4.74 Å². The standard InChI is InChI=1S/C18H21N5O2/c1-22-14-6-4-3-5-13(14)21-16(22)11-19-18(24)12-8-10-25-17(12)15-7-9-20-23(15)2/h3-7,9,12,17H,8,10-11H2,1-2H3,(H,19,24)/t12-,17-/m1/s1. The molecule has 3 heterocycles. The minimum atomic E-state index is -0.243. The number of hydrogen-bond acceptors (Lipinski definition) is 4. The summed E-state index contributed by atoms with van der Waals surface area (Å²) in [5.74, 6) is 0.631. The molecule has 2 aromatic heterocycles. The average molecular weight is 339 g/mol. The van der Waals surface area contributed by atoms with Gasteiger partial charge in [-0.3, -0.25) is 9.48 Å². The van der Waals surface area contributed by atoms with E-state index >= 15 is 0 Å². The highest BCUT2D eigenvalue weighted by Gasteiger charge is 2.36. The van der Waals surface area contributed by atoms with Crippen molar-refractivity contribution in [3.05, 3.63) is 48.0 Å². The van der Waals surface area contributed by atoms with E-state index in [9.17, 15) is 4.79 Å². The number of rotatable bonds is 4. The van der Waals surface area contributed by atoms with Gasteiger partial charge in [-0.25, -0.2) is 4.98 Å². The molecule has 4 rings (SSSR count). The third-order valence-electron chi connectivity index (χ3n) is 4.88. The van der Waals surface area contributed by atoms with Crippen LogP contribution in [0.3, 0.4) is 0 Å².